The number of carbonyl (C=O) groups excluding carboxylic acids is 8. The van der Waals surface area contributed by atoms with Crippen LogP contribution in [0.2, 0.25) is 0 Å². The SMILES string of the molecule is CC(C)(C)C.O=C1CC[C@@H](C(=O)OCC(COC(=O)[C@@H]2CCC(=O)N2)(COC(=O)[C@@H]2CCC(=O)N2)COC(=O)[C@@H]2CCC(=O)N2)N1. The minimum Gasteiger partial charge on any atom is -0.463 e. The van der Waals surface area contributed by atoms with Crippen LogP contribution in [-0.4, -0.2) is 98.1 Å². The van der Waals surface area contributed by atoms with Crippen molar-refractivity contribution in [2.24, 2.45) is 10.8 Å². The highest BCUT2D eigenvalue weighted by molar-refractivity contribution is 5.90. The van der Waals surface area contributed by atoms with Crippen molar-refractivity contribution in [3.05, 3.63) is 0 Å². The molecule has 0 saturated carbocycles. The van der Waals surface area contributed by atoms with E-state index in [0.29, 0.717) is 5.41 Å². The van der Waals surface area contributed by atoms with E-state index in [1.54, 1.807) is 0 Å². The molecule has 0 aliphatic carbocycles. The average Bonchev–Trinajstić information content (AvgIpc) is 3.80. The summed E-state index contributed by atoms with van der Waals surface area (Å²) in [6.45, 7) is 6.52. The molecule has 4 aliphatic rings. The Labute approximate surface area is 266 Å². The minimum atomic E-state index is -1.62. The van der Waals surface area contributed by atoms with E-state index in [4.69, 9.17) is 18.9 Å². The van der Waals surface area contributed by atoms with Gasteiger partial charge in [0.25, 0.3) is 0 Å². The van der Waals surface area contributed by atoms with Gasteiger partial charge in [-0.2, -0.15) is 0 Å². The van der Waals surface area contributed by atoms with Crippen LogP contribution in [0.5, 0.6) is 0 Å². The highest BCUT2D eigenvalue weighted by Gasteiger charge is 2.42. The zero-order valence-corrected chi connectivity index (χ0v) is 26.7. The molecule has 0 bridgehead atoms. The van der Waals surface area contributed by atoms with Crippen LogP contribution in [-0.2, 0) is 57.3 Å². The van der Waals surface area contributed by atoms with Gasteiger partial charge in [-0.15, -0.1) is 0 Å². The van der Waals surface area contributed by atoms with E-state index < -0.39 is 79.9 Å². The molecule has 0 spiro atoms. The highest BCUT2D eigenvalue weighted by Crippen LogP contribution is 2.25. The maximum atomic E-state index is 12.7. The molecular formula is C30H44N4O12. The maximum Gasteiger partial charge on any atom is 0.328 e. The molecule has 4 saturated heterocycles. The van der Waals surface area contributed by atoms with Crippen LogP contribution in [0.4, 0.5) is 0 Å². The lowest BCUT2D eigenvalue weighted by Crippen LogP contribution is -2.48. The lowest BCUT2D eigenvalue weighted by Gasteiger charge is -2.32. The Morgan fingerprint density at radius 1 is 0.500 bits per heavy atom. The van der Waals surface area contributed by atoms with Crippen LogP contribution in [0.25, 0.3) is 0 Å². The van der Waals surface area contributed by atoms with Crippen molar-refractivity contribution in [1.82, 2.24) is 21.3 Å². The smallest absolute Gasteiger partial charge is 0.328 e. The van der Waals surface area contributed by atoms with Crippen molar-refractivity contribution in [2.75, 3.05) is 26.4 Å². The predicted molar refractivity (Wildman–Crippen MR) is 156 cm³/mol. The predicted octanol–water partition coefficient (Wildman–Crippen LogP) is -0.688. The highest BCUT2D eigenvalue weighted by atomic mass is 16.6. The maximum absolute atomic E-state index is 12.7. The number of ether oxygens (including phenoxy) is 4. The topological polar surface area (TPSA) is 222 Å². The van der Waals surface area contributed by atoms with Gasteiger partial charge in [-0.05, 0) is 31.1 Å². The summed E-state index contributed by atoms with van der Waals surface area (Å²) in [6.07, 6.45) is 1.33. The Bertz CT molecular complexity index is 1030. The van der Waals surface area contributed by atoms with Gasteiger partial charge < -0.3 is 40.2 Å². The van der Waals surface area contributed by atoms with E-state index in [0.717, 1.165) is 0 Å². The van der Waals surface area contributed by atoms with E-state index in [2.05, 4.69) is 49.0 Å². The summed E-state index contributed by atoms with van der Waals surface area (Å²) in [5.74, 6) is -4.48. The van der Waals surface area contributed by atoms with Crippen molar-refractivity contribution in [3.8, 4) is 0 Å². The summed E-state index contributed by atoms with van der Waals surface area (Å²) in [7, 11) is 0. The molecule has 4 heterocycles. The Morgan fingerprint density at radius 2 is 0.696 bits per heavy atom. The first-order valence-electron chi connectivity index (χ1n) is 15.4. The zero-order valence-electron chi connectivity index (χ0n) is 26.7. The number of carbonyl (C=O) groups is 8. The molecule has 0 radical (unpaired) electrons. The Balaban J connectivity index is 0.00000107. The molecule has 4 aliphatic heterocycles. The molecule has 4 fully saturated rings. The van der Waals surface area contributed by atoms with Crippen molar-refractivity contribution in [2.45, 2.75) is 103 Å². The van der Waals surface area contributed by atoms with Crippen molar-refractivity contribution < 1.29 is 57.3 Å². The summed E-state index contributed by atoms with van der Waals surface area (Å²) in [5, 5.41) is 9.90. The first-order chi connectivity index (χ1) is 21.5. The molecule has 16 nitrogen and oxygen atoms in total. The molecule has 256 valence electrons. The van der Waals surface area contributed by atoms with Crippen molar-refractivity contribution in [1.29, 1.82) is 0 Å². The van der Waals surface area contributed by atoms with Gasteiger partial charge in [0.15, 0.2) is 0 Å². The van der Waals surface area contributed by atoms with Gasteiger partial charge in [0.2, 0.25) is 23.6 Å². The standard InChI is InChI=1S/C25H32N4O12.C5H12/c30-17-5-1-13(26-17)21(34)38-9-25(10-39-22(35)14-2-6-18(31)27-14,11-40-23(36)15-3-7-19(32)28-15)12-41-24(37)16-4-8-20(33)29-16;1-5(2,3)4/h13-16H,1-12H2,(H,26,30)(H,27,31)(H,28,32)(H,29,33);1-4H3/t13-,14-,15-,16-;/m0./s1. The Kier molecular flexibility index (Phi) is 12.5. The second-order valence-electron chi connectivity index (χ2n) is 13.6. The third-order valence-electron chi connectivity index (χ3n) is 7.20. The van der Waals surface area contributed by atoms with Gasteiger partial charge in [-0.25, -0.2) is 19.2 Å². The molecule has 4 atom stereocenters. The van der Waals surface area contributed by atoms with E-state index in [1.807, 2.05) is 0 Å². The molecule has 16 heteroatoms. The van der Waals surface area contributed by atoms with Crippen LogP contribution in [0, 0.1) is 10.8 Å². The molecule has 4 amide bonds. The fourth-order valence-electron chi connectivity index (χ4n) is 4.71. The number of rotatable bonds is 12. The minimum absolute atomic E-state index is 0.130. The summed E-state index contributed by atoms with van der Waals surface area (Å²) in [6, 6.07) is -3.65. The number of nitrogens with one attached hydrogen (secondary N) is 4. The van der Waals surface area contributed by atoms with E-state index in [-0.39, 0.29) is 75.0 Å². The average molecular weight is 653 g/mol. The number of hydrogen-bond donors (Lipinski definition) is 4. The molecular weight excluding hydrogens is 608 g/mol. The van der Waals surface area contributed by atoms with Crippen molar-refractivity contribution in [3.63, 3.8) is 0 Å². The van der Waals surface area contributed by atoms with Crippen LogP contribution < -0.4 is 21.3 Å². The van der Waals surface area contributed by atoms with Crippen LogP contribution in [0.1, 0.15) is 79.1 Å². The first-order valence-corrected chi connectivity index (χ1v) is 15.4. The monoisotopic (exact) mass is 652 g/mol. The van der Waals surface area contributed by atoms with E-state index in [1.165, 1.54) is 0 Å². The summed E-state index contributed by atoms with van der Waals surface area (Å²) in [4.78, 5) is 97.0. The van der Waals surface area contributed by atoms with Gasteiger partial charge in [0.1, 0.15) is 56.0 Å². The van der Waals surface area contributed by atoms with E-state index in [9.17, 15) is 38.4 Å². The number of amides is 4. The lowest BCUT2D eigenvalue weighted by atomic mass is 9.92. The van der Waals surface area contributed by atoms with Gasteiger partial charge in [0.05, 0.1) is 0 Å². The molecule has 0 unspecified atom stereocenters. The zero-order chi connectivity index (χ0) is 34.1. The van der Waals surface area contributed by atoms with Gasteiger partial charge in [0, 0.05) is 25.7 Å². The molecule has 46 heavy (non-hydrogen) atoms. The fourth-order valence-corrected chi connectivity index (χ4v) is 4.71. The molecule has 0 aromatic heterocycles. The first kappa shape index (κ1) is 36.2. The number of esters is 4. The van der Waals surface area contributed by atoms with Crippen molar-refractivity contribution >= 4 is 47.5 Å². The largest absolute Gasteiger partial charge is 0.463 e. The fraction of sp³-hybridized carbons (Fsp3) is 0.733. The third-order valence-corrected chi connectivity index (χ3v) is 7.20. The summed E-state index contributed by atoms with van der Waals surface area (Å²) < 4.78 is 21.7. The van der Waals surface area contributed by atoms with E-state index >= 15 is 0 Å². The molecule has 0 aromatic carbocycles. The third kappa shape index (κ3) is 11.6. The second kappa shape index (κ2) is 15.9. The summed E-state index contributed by atoms with van der Waals surface area (Å²) in [5.41, 5.74) is -1.12. The van der Waals surface area contributed by atoms with Gasteiger partial charge in [-0.3, -0.25) is 19.2 Å². The van der Waals surface area contributed by atoms with Crippen LogP contribution in [0.15, 0.2) is 0 Å². The quantitative estimate of drug-likeness (QED) is 0.152. The second-order valence-corrected chi connectivity index (χ2v) is 13.6. The molecule has 0 aromatic rings. The molecule has 4 rings (SSSR count). The lowest BCUT2D eigenvalue weighted by molar-refractivity contribution is -0.173. The Hall–Kier alpha value is -4.24. The Morgan fingerprint density at radius 3 is 0.848 bits per heavy atom. The molecule has 4 N–H and O–H groups in total. The van der Waals surface area contributed by atoms with Crippen LogP contribution in [0.3, 0.4) is 0 Å². The summed E-state index contributed by atoms with van der Waals surface area (Å²) >= 11 is 0. The number of hydrogen-bond acceptors (Lipinski definition) is 12. The van der Waals surface area contributed by atoms with Gasteiger partial charge in [-0.1, -0.05) is 27.7 Å². The normalized spacial score (nSPS) is 24.1. The van der Waals surface area contributed by atoms with Crippen LogP contribution >= 0.6 is 0 Å². The van der Waals surface area contributed by atoms with Gasteiger partial charge >= 0.3 is 23.9 Å².